The van der Waals surface area contributed by atoms with Crippen LogP contribution in [-0.4, -0.2) is 41.3 Å². The molecular weight excluding hydrogens is 529 g/mol. The van der Waals surface area contributed by atoms with Gasteiger partial charge < -0.3 is 20.1 Å². The van der Waals surface area contributed by atoms with E-state index in [1.54, 1.807) is 12.1 Å². The monoisotopic (exact) mass is 576 g/mol. The number of benzene rings is 1. The Morgan fingerprint density at radius 3 is 2.29 bits per heavy atom. The van der Waals surface area contributed by atoms with Gasteiger partial charge in [0, 0.05) is 42.2 Å². The number of hydrogen-bond donors (Lipinski definition) is 2. The molecule has 0 aliphatic carbocycles. The van der Waals surface area contributed by atoms with Crippen molar-refractivity contribution in [2.24, 2.45) is 0 Å². The number of carbonyl (C=O) groups is 1. The number of hydrogen-bond acceptors (Lipinski definition) is 5. The van der Waals surface area contributed by atoms with E-state index < -0.39 is 6.36 Å². The van der Waals surface area contributed by atoms with Crippen molar-refractivity contribution in [2.45, 2.75) is 92.5 Å². The van der Waals surface area contributed by atoms with Gasteiger partial charge in [0.2, 0.25) is 0 Å². The second kappa shape index (κ2) is 18.2. The maximum atomic E-state index is 12.5. The van der Waals surface area contributed by atoms with Crippen LogP contribution in [0.25, 0.3) is 0 Å². The number of aliphatic hydroxyl groups is 1. The van der Waals surface area contributed by atoms with E-state index in [-0.39, 0.29) is 17.6 Å². The number of β-amino-alcohol motifs (C(OH)–C–C–N with tert-alkyl or cyclic N) is 1. The van der Waals surface area contributed by atoms with Crippen molar-refractivity contribution in [3.63, 3.8) is 0 Å². The van der Waals surface area contributed by atoms with Crippen LogP contribution in [0.15, 0.2) is 83.3 Å². The van der Waals surface area contributed by atoms with Gasteiger partial charge in [-0.05, 0) is 94.9 Å². The zero-order valence-electron chi connectivity index (χ0n) is 25.4. The third-order valence-electron chi connectivity index (χ3n) is 6.30. The third-order valence-corrected chi connectivity index (χ3v) is 6.30. The molecule has 1 heterocycles. The van der Waals surface area contributed by atoms with Crippen molar-refractivity contribution >= 4 is 11.5 Å². The topological polar surface area (TPSA) is 61.8 Å². The molecule has 0 aromatic heterocycles. The average Bonchev–Trinajstić information content (AvgIpc) is 2.91. The summed E-state index contributed by atoms with van der Waals surface area (Å²) in [6.45, 7) is 16.9. The smallest absolute Gasteiger partial charge is 0.406 e. The van der Waals surface area contributed by atoms with Crippen LogP contribution in [0.3, 0.4) is 0 Å². The molecule has 1 fully saturated rings. The summed E-state index contributed by atoms with van der Waals surface area (Å²) in [5.41, 5.74) is 5.86. The normalized spacial score (nSPS) is 16.4. The molecule has 1 saturated heterocycles. The average molecular weight is 577 g/mol. The number of rotatable bonds is 12. The van der Waals surface area contributed by atoms with Crippen molar-refractivity contribution in [3.05, 3.63) is 83.3 Å². The Kier molecular flexibility index (Phi) is 15.9. The lowest BCUT2D eigenvalue weighted by atomic mass is 9.92. The molecule has 0 saturated carbocycles. The second-order valence-electron chi connectivity index (χ2n) is 9.99. The Bertz CT molecular complexity index is 1100. The molecule has 0 amide bonds. The number of allylic oxidation sites excluding steroid dienone is 6. The van der Waals surface area contributed by atoms with Gasteiger partial charge in [-0.2, -0.15) is 0 Å². The lowest BCUT2D eigenvalue weighted by Gasteiger charge is -2.35. The van der Waals surface area contributed by atoms with Gasteiger partial charge in [-0.25, -0.2) is 0 Å². The Labute approximate surface area is 244 Å². The largest absolute Gasteiger partial charge is 0.573 e. The van der Waals surface area contributed by atoms with E-state index in [4.69, 9.17) is 0 Å². The number of nitrogens with zero attached hydrogens (tertiary/aromatic N) is 1. The molecule has 2 rings (SSSR count). The van der Waals surface area contributed by atoms with Crippen molar-refractivity contribution in [1.29, 1.82) is 0 Å². The zero-order valence-corrected chi connectivity index (χ0v) is 25.4. The van der Waals surface area contributed by atoms with Crippen LogP contribution in [0.2, 0.25) is 0 Å². The summed E-state index contributed by atoms with van der Waals surface area (Å²) >= 11 is 0. The molecule has 2 N–H and O–H groups in total. The summed E-state index contributed by atoms with van der Waals surface area (Å²) in [5.74, 6) is -0.118. The van der Waals surface area contributed by atoms with Crippen LogP contribution in [0.1, 0.15) is 80.1 Å². The Hall–Kier alpha value is -3.26. The van der Waals surface area contributed by atoms with Crippen molar-refractivity contribution < 1.29 is 27.8 Å². The van der Waals surface area contributed by atoms with Crippen LogP contribution in [-0.2, 0) is 4.79 Å². The second-order valence-corrected chi connectivity index (χ2v) is 9.99. The molecular formula is C33H47F3N2O3. The predicted molar refractivity (Wildman–Crippen MR) is 163 cm³/mol. The molecule has 0 spiro atoms. The number of carbonyl (C=O) groups excluding carboxylic acids is 1. The molecule has 1 aliphatic rings. The first kappa shape index (κ1) is 35.8. The fourth-order valence-corrected chi connectivity index (χ4v) is 4.47. The van der Waals surface area contributed by atoms with E-state index in [1.165, 1.54) is 23.8 Å². The van der Waals surface area contributed by atoms with Crippen molar-refractivity contribution in [3.8, 4) is 5.75 Å². The van der Waals surface area contributed by atoms with Gasteiger partial charge in [0.1, 0.15) is 5.75 Å². The van der Waals surface area contributed by atoms with Gasteiger partial charge in [0.05, 0.1) is 6.10 Å². The van der Waals surface area contributed by atoms with Gasteiger partial charge in [-0.15, -0.1) is 13.2 Å². The molecule has 1 aromatic rings. The van der Waals surface area contributed by atoms with Gasteiger partial charge in [-0.1, -0.05) is 45.1 Å². The summed E-state index contributed by atoms with van der Waals surface area (Å²) in [5, 5.41) is 13.8. The number of alkyl halides is 3. The van der Waals surface area contributed by atoms with Gasteiger partial charge in [-0.3, -0.25) is 4.79 Å². The minimum Gasteiger partial charge on any atom is -0.406 e. The van der Waals surface area contributed by atoms with Crippen LogP contribution < -0.4 is 10.1 Å². The third kappa shape index (κ3) is 12.9. The minimum atomic E-state index is -4.72. The van der Waals surface area contributed by atoms with E-state index in [0.717, 1.165) is 61.2 Å². The SMILES string of the molecule is C=CC(=O)CCC.C\C=C/C(=C(C(Nc1ccc(OC(F)(F)F)cc1)=C(C)C)/C(=C/CC)CC)N1CCCC(O)C1. The molecule has 1 aliphatic heterocycles. The summed E-state index contributed by atoms with van der Waals surface area (Å²) in [7, 11) is 0. The van der Waals surface area contributed by atoms with E-state index in [9.17, 15) is 23.1 Å². The minimum absolute atomic E-state index is 0.141. The summed E-state index contributed by atoms with van der Waals surface area (Å²) < 4.78 is 41.6. The Balaban J connectivity index is 0.00000106. The molecule has 228 valence electrons. The van der Waals surface area contributed by atoms with Crippen molar-refractivity contribution in [1.82, 2.24) is 4.90 Å². The number of halogens is 3. The summed E-state index contributed by atoms with van der Waals surface area (Å²) in [4.78, 5) is 12.5. The number of ether oxygens (including phenoxy) is 1. The van der Waals surface area contributed by atoms with E-state index >= 15 is 0 Å². The number of aliphatic hydroxyl groups excluding tert-OH is 1. The number of piperidine rings is 1. The fourth-order valence-electron chi connectivity index (χ4n) is 4.47. The first-order valence-corrected chi connectivity index (χ1v) is 14.4. The van der Waals surface area contributed by atoms with Crippen LogP contribution >= 0.6 is 0 Å². The number of nitrogens with one attached hydrogen (secondary N) is 1. The van der Waals surface area contributed by atoms with Gasteiger partial charge >= 0.3 is 6.36 Å². The number of ketones is 1. The standard InChI is InChI=1S/C27H37F3N2O2.C6H10O/c1-6-10-20(8-3)25(24(11-7-2)32-17-9-12-22(33)18-32)26(19(4)5)31-21-13-15-23(16-14-21)34-27(28,29)30;1-3-5-6(7)4-2/h7,10-11,13-16,22,31,33H,6,8-9,12,17-18H2,1-5H3;4H,2-3,5H2,1H3/b11-7-,20-10+,25-24+;. The molecule has 0 radical (unpaired) electrons. The van der Waals surface area contributed by atoms with Crippen LogP contribution in [0.5, 0.6) is 5.75 Å². The highest BCUT2D eigenvalue weighted by Crippen LogP contribution is 2.34. The van der Waals surface area contributed by atoms with Gasteiger partial charge in [0.25, 0.3) is 0 Å². The highest BCUT2D eigenvalue weighted by Gasteiger charge is 2.31. The maximum Gasteiger partial charge on any atom is 0.573 e. The van der Waals surface area contributed by atoms with Crippen LogP contribution in [0, 0.1) is 0 Å². The highest BCUT2D eigenvalue weighted by atomic mass is 19.4. The zero-order chi connectivity index (χ0) is 31.0. The van der Waals surface area contributed by atoms with Crippen molar-refractivity contribution in [2.75, 3.05) is 18.4 Å². The molecule has 0 bridgehead atoms. The molecule has 8 heteroatoms. The van der Waals surface area contributed by atoms with E-state index in [0.29, 0.717) is 18.7 Å². The molecule has 1 unspecified atom stereocenters. The first-order chi connectivity index (χ1) is 19.4. The number of likely N-dealkylation sites (tertiary alicyclic amines) is 1. The molecule has 1 atom stereocenters. The highest BCUT2D eigenvalue weighted by molar-refractivity contribution is 5.88. The first-order valence-electron chi connectivity index (χ1n) is 14.4. The molecule has 41 heavy (non-hydrogen) atoms. The van der Waals surface area contributed by atoms with E-state index in [1.807, 2.05) is 33.8 Å². The molecule has 5 nitrogen and oxygen atoms in total. The Morgan fingerprint density at radius 2 is 1.85 bits per heavy atom. The summed E-state index contributed by atoms with van der Waals surface area (Å²) in [6.07, 6.45) is 7.51. The lowest BCUT2D eigenvalue weighted by molar-refractivity contribution is -0.274. The van der Waals surface area contributed by atoms with Crippen LogP contribution in [0.4, 0.5) is 18.9 Å². The molecule has 1 aromatic carbocycles. The number of anilines is 1. The Morgan fingerprint density at radius 1 is 1.20 bits per heavy atom. The fraction of sp³-hybridized carbons (Fsp3) is 0.485. The van der Waals surface area contributed by atoms with E-state index in [2.05, 4.69) is 47.5 Å². The predicted octanol–water partition coefficient (Wildman–Crippen LogP) is 8.87. The lowest BCUT2D eigenvalue weighted by Crippen LogP contribution is -2.38. The maximum absolute atomic E-state index is 12.5. The quantitative estimate of drug-likeness (QED) is 0.192. The summed E-state index contributed by atoms with van der Waals surface area (Å²) in [6, 6.07) is 5.77. The van der Waals surface area contributed by atoms with Gasteiger partial charge in [0.15, 0.2) is 5.78 Å².